The fourth-order valence-electron chi connectivity index (χ4n) is 3.20. The lowest BCUT2D eigenvalue weighted by Gasteiger charge is -2.23. The van der Waals surface area contributed by atoms with Gasteiger partial charge in [0.05, 0.1) is 6.04 Å². The molecule has 3 nitrogen and oxygen atoms in total. The van der Waals surface area contributed by atoms with Crippen LogP contribution >= 0.6 is 0 Å². The average molecular weight is 388 g/mol. The fraction of sp³-hybridized carbons (Fsp3) is 0.269. The summed E-state index contributed by atoms with van der Waals surface area (Å²) in [6.07, 6.45) is -0.606. The van der Waals surface area contributed by atoms with E-state index in [2.05, 4.69) is 38.2 Å². The fourth-order valence-corrected chi connectivity index (χ4v) is 3.20. The summed E-state index contributed by atoms with van der Waals surface area (Å²) in [5.74, 6) is 0.541. The molecule has 0 aliphatic rings. The molecule has 0 aliphatic heterocycles. The molecule has 0 fully saturated rings. The molecule has 1 N–H and O–H groups in total. The first kappa shape index (κ1) is 20.7. The molecule has 3 aromatic rings. The van der Waals surface area contributed by atoms with Crippen molar-refractivity contribution in [2.45, 2.75) is 45.3 Å². The third-order valence-electron chi connectivity index (χ3n) is 4.95. The van der Waals surface area contributed by atoms with E-state index >= 15 is 0 Å². The zero-order valence-corrected chi connectivity index (χ0v) is 17.6. The molecule has 0 saturated heterocycles. The maximum atomic E-state index is 12.9. The highest BCUT2D eigenvalue weighted by Crippen LogP contribution is 2.25. The van der Waals surface area contributed by atoms with Gasteiger partial charge in [-0.2, -0.15) is 0 Å². The molecule has 3 aromatic carbocycles. The molecule has 0 heterocycles. The third-order valence-corrected chi connectivity index (χ3v) is 4.95. The van der Waals surface area contributed by atoms with Crippen LogP contribution < -0.4 is 10.1 Å². The minimum atomic E-state index is -0.606. The Morgan fingerprint density at radius 3 is 1.72 bits per heavy atom. The number of benzene rings is 3. The predicted molar refractivity (Wildman–Crippen MR) is 118 cm³/mol. The van der Waals surface area contributed by atoms with Crippen molar-refractivity contribution in [3.05, 3.63) is 102 Å². The normalized spacial score (nSPS) is 12.4. The first-order valence-corrected chi connectivity index (χ1v) is 10.0. The molecule has 0 spiro atoms. The van der Waals surface area contributed by atoms with Crippen LogP contribution in [-0.4, -0.2) is 12.0 Å². The molecule has 0 bridgehead atoms. The van der Waals surface area contributed by atoms with Crippen molar-refractivity contribution in [1.29, 1.82) is 0 Å². The molecule has 150 valence electrons. The SMILES string of the molecule is C[C@@H](Oc1ccc(C(C)(C)C)cc1)C(=O)NC(c1ccccc1)c1ccccc1. The Morgan fingerprint density at radius 2 is 1.28 bits per heavy atom. The zero-order chi connectivity index (χ0) is 20.9. The first-order chi connectivity index (χ1) is 13.8. The number of carbonyl (C=O) groups excluding carboxylic acids is 1. The summed E-state index contributed by atoms with van der Waals surface area (Å²) in [4.78, 5) is 12.9. The quantitative estimate of drug-likeness (QED) is 0.593. The summed E-state index contributed by atoms with van der Waals surface area (Å²) < 4.78 is 5.90. The number of carbonyl (C=O) groups is 1. The van der Waals surface area contributed by atoms with Crippen molar-refractivity contribution >= 4 is 5.91 Å². The van der Waals surface area contributed by atoms with Crippen LogP contribution in [0.3, 0.4) is 0 Å². The van der Waals surface area contributed by atoms with Crippen LogP contribution in [0.4, 0.5) is 0 Å². The number of hydrogen-bond acceptors (Lipinski definition) is 2. The maximum absolute atomic E-state index is 12.9. The summed E-state index contributed by atoms with van der Waals surface area (Å²) in [5, 5.41) is 3.14. The van der Waals surface area contributed by atoms with Gasteiger partial charge >= 0.3 is 0 Å². The Bertz CT molecular complexity index is 873. The standard InChI is InChI=1S/C26H29NO2/c1-19(29-23-17-15-22(16-18-23)26(2,3)4)25(28)27-24(20-11-7-5-8-12-20)21-13-9-6-10-14-21/h5-19,24H,1-4H3,(H,27,28)/t19-/m1/s1. The summed E-state index contributed by atoms with van der Waals surface area (Å²) in [6.45, 7) is 8.30. The lowest BCUT2D eigenvalue weighted by atomic mass is 9.87. The van der Waals surface area contributed by atoms with Gasteiger partial charge in [0, 0.05) is 0 Å². The summed E-state index contributed by atoms with van der Waals surface area (Å²) in [7, 11) is 0. The highest BCUT2D eigenvalue weighted by Gasteiger charge is 2.22. The van der Waals surface area contributed by atoms with E-state index < -0.39 is 6.10 Å². The number of ether oxygens (including phenoxy) is 1. The predicted octanol–water partition coefficient (Wildman–Crippen LogP) is 5.66. The van der Waals surface area contributed by atoms with Gasteiger partial charge in [0.1, 0.15) is 5.75 Å². The first-order valence-electron chi connectivity index (χ1n) is 10.0. The maximum Gasteiger partial charge on any atom is 0.261 e. The van der Waals surface area contributed by atoms with E-state index in [0.29, 0.717) is 5.75 Å². The van der Waals surface area contributed by atoms with E-state index in [9.17, 15) is 4.79 Å². The van der Waals surface area contributed by atoms with Crippen molar-refractivity contribution in [3.8, 4) is 5.75 Å². The molecule has 0 saturated carbocycles. The van der Waals surface area contributed by atoms with Crippen molar-refractivity contribution in [1.82, 2.24) is 5.32 Å². The minimum Gasteiger partial charge on any atom is -0.481 e. The van der Waals surface area contributed by atoms with Crippen molar-refractivity contribution in [2.75, 3.05) is 0 Å². The van der Waals surface area contributed by atoms with Gasteiger partial charge in [0.15, 0.2) is 6.10 Å². The van der Waals surface area contributed by atoms with Crippen LogP contribution in [0.15, 0.2) is 84.9 Å². The number of amides is 1. The van der Waals surface area contributed by atoms with Crippen LogP contribution in [0.25, 0.3) is 0 Å². The van der Waals surface area contributed by atoms with E-state index in [1.54, 1.807) is 6.92 Å². The van der Waals surface area contributed by atoms with Crippen LogP contribution in [0.2, 0.25) is 0 Å². The topological polar surface area (TPSA) is 38.3 Å². The van der Waals surface area contributed by atoms with Crippen molar-refractivity contribution in [3.63, 3.8) is 0 Å². The average Bonchev–Trinajstić information content (AvgIpc) is 2.73. The molecule has 3 heteroatoms. The zero-order valence-electron chi connectivity index (χ0n) is 17.6. The molecule has 0 radical (unpaired) electrons. The van der Waals surface area contributed by atoms with Gasteiger partial charge in [0.25, 0.3) is 5.91 Å². The van der Waals surface area contributed by atoms with Crippen molar-refractivity contribution in [2.24, 2.45) is 0 Å². The van der Waals surface area contributed by atoms with Crippen LogP contribution in [0.1, 0.15) is 50.4 Å². The lowest BCUT2D eigenvalue weighted by molar-refractivity contribution is -0.127. The third kappa shape index (κ3) is 5.47. The van der Waals surface area contributed by atoms with Crippen LogP contribution in [0.5, 0.6) is 5.75 Å². The molecule has 0 aliphatic carbocycles. The van der Waals surface area contributed by atoms with Gasteiger partial charge in [-0.15, -0.1) is 0 Å². The summed E-state index contributed by atoms with van der Waals surface area (Å²) >= 11 is 0. The second-order valence-electron chi connectivity index (χ2n) is 8.30. The van der Waals surface area contributed by atoms with Crippen LogP contribution in [-0.2, 0) is 10.2 Å². The van der Waals surface area contributed by atoms with Gasteiger partial charge < -0.3 is 10.1 Å². The van der Waals surface area contributed by atoms with E-state index in [1.807, 2.05) is 72.8 Å². The Balaban J connectivity index is 1.72. The number of hydrogen-bond donors (Lipinski definition) is 1. The Labute approximate surface area is 173 Å². The summed E-state index contributed by atoms with van der Waals surface area (Å²) in [6, 6.07) is 27.7. The summed E-state index contributed by atoms with van der Waals surface area (Å²) in [5.41, 5.74) is 3.39. The Morgan fingerprint density at radius 1 is 0.793 bits per heavy atom. The molecule has 1 atom stereocenters. The molecule has 3 rings (SSSR count). The van der Waals surface area contributed by atoms with Gasteiger partial charge in [-0.1, -0.05) is 93.6 Å². The lowest BCUT2D eigenvalue weighted by Crippen LogP contribution is -2.39. The molecule has 0 unspecified atom stereocenters. The molecular formula is C26H29NO2. The van der Waals surface area contributed by atoms with Gasteiger partial charge in [0.2, 0.25) is 0 Å². The van der Waals surface area contributed by atoms with Gasteiger partial charge in [-0.25, -0.2) is 0 Å². The van der Waals surface area contributed by atoms with E-state index in [-0.39, 0.29) is 17.4 Å². The number of nitrogens with one attached hydrogen (secondary N) is 1. The second-order valence-corrected chi connectivity index (χ2v) is 8.30. The molecule has 1 amide bonds. The van der Waals surface area contributed by atoms with Crippen molar-refractivity contribution < 1.29 is 9.53 Å². The van der Waals surface area contributed by atoms with Crippen LogP contribution in [0, 0.1) is 0 Å². The second kappa shape index (κ2) is 8.95. The molecule has 0 aromatic heterocycles. The largest absolute Gasteiger partial charge is 0.481 e. The van der Waals surface area contributed by atoms with E-state index in [4.69, 9.17) is 4.74 Å². The van der Waals surface area contributed by atoms with E-state index in [0.717, 1.165) is 11.1 Å². The van der Waals surface area contributed by atoms with E-state index in [1.165, 1.54) is 5.56 Å². The minimum absolute atomic E-state index is 0.0834. The monoisotopic (exact) mass is 387 g/mol. The molecule has 29 heavy (non-hydrogen) atoms. The highest BCUT2D eigenvalue weighted by atomic mass is 16.5. The molecular weight excluding hydrogens is 358 g/mol. The Hall–Kier alpha value is -3.07. The highest BCUT2D eigenvalue weighted by molar-refractivity contribution is 5.81. The Kier molecular flexibility index (Phi) is 6.38. The number of rotatable bonds is 6. The van der Waals surface area contributed by atoms with Gasteiger partial charge in [-0.3, -0.25) is 4.79 Å². The smallest absolute Gasteiger partial charge is 0.261 e. The van der Waals surface area contributed by atoms with Gasteiger partial charge in [-0.05, 0) is 41.2 Å².